The van der Waals surface area contributed by atoms with Gasteiger partial charge in [-0.1, -0.05) is 74.9 Å². The zero-order chi connectivity index (χ0) is 22.1. The zero-order valence-electron chi connectivity index (χ0n) is 18.5. The topological polar surface area (TPSA) is 20.2 Å². The number of thioether (sulfide) groups is 3. The molecule has 0 aliphatic heterocycles. The molecule has 3 atom stereocenters. The minimum atomic E-state index is -0.413. The first-order chi connectivity index (χ1) is 15.0. The monoisotopic (exact) mass is 468 g/mol. The predicted octanol–water partition coefficient (Wildman–Crippen LogP) is 8.25. The number of benzene rings is 3. The molecule has 0 heterocycles. The van der Waals surface area contributed by atoms with E-state index < -0.39 is 6.10 Å². The maximum absolute atomic E-state index is 10.9. The second-order valence-electron chi connectivity index (χ2n) is 7.82. The van der Waals surface area contributed by atoms with Crippen LogP contribution < -0.4 is 0 Å². The van der Waals surface area contributed by atoms with Crippen molar-refractivity contribution in [3.63, 3.8) is 0 Å². The Morgan fingerprint density at radius 3 is 1.52 bits per heavy atom. The van der Waals surface area contributed by atoms with Gasteiger partial charge in [0.15, 0.2) is 0 Å². The average molecular weight is 469 g/mol. The molecule has 0 saturated carbocycles. The summed E-state index contributed by atoms with van der Waals surface area (Å²) in [5, 5.41) is 11.0. The SMILES string of the molecule is CCCC(Sc1ccccc1)(Sc1ccccc1)[C@@H](C)[C@H](Sc1ccccc1)[C@@H](C)O. The quantitative estimate of drug-likeness (QED) is 0.226. The third-order valence-electron chi connectivity index (χ3n) is 5.34. The van der Waals surface area contributed by atoms with Crippen LogP contribution in [0.5, 0.6) is 0 Å². The van der Waals surface area contributed by atoms with E-state index in [-0.39, 0.29) is 15.2 Å². The summed E-state index contributed by atoms with van der Waals surface area (Å²) in [7, 11) is 0. The third kappa shape index (κ3) is 6.82. The van der Waals surface area contributed by atoms with E-state index >= 15 is 0 Å². The van der Waals surface area contributed by atoms with E-state index in [2.05, 4.69) is 98.8 Å². The third-order valence-corrected chi connectivity index (χ3v) is 10.3. The number of rotatable bonds is 11. The molecule has 3 rings (SSSR count). The molecule has 0 saturated heterocycles. The maximum Gasteiger partial charge on any atom is 0.0742 e. The normalized spacial score (nSPS) is 14.7. The van der Waals surface area contributed by atoms with Crippen molar-refractivity contribution in [3.8, 4) is 0 Å². The van der Waals surface area contributed by atoms with Crippen LogP contribution in [0.15, 0.2) is 106 Å². The Labute approximate surface area is 200 Å². The second kappa shape index (κ2) is 12.1. The Morgan fingerprint density at radius 1 is 0.710 bits per heavy atom. The van der Waals surface area contributed by atoms with Crippen molar-refractivity contribution in [2.24, 2.45) is 5.92 Å². The predicted molar refractivity (Wildman–Crippen MR) is 139 cm³/mol. The highest BCUT2D eigenvalue weighted by Gasteiger charge is 2.43. The maximum atomic E-state index is 10.9. The van der Waals surface area contributed by atoms with Crippen LogP contribution in [0.2, 0.25) is 0 Å². The molecule has 164 valence electrons. The van der Waals surface area contributed by atoms with Gasteiger partial charge in [-0.15, -0.1) is 35.3 Å². The van der Waals surface area contributed by atoms with Crippen LogP contribution in [0.1, 0.15) is 33.6 Å². The highest BCUT2D eigenvalue weighted by atomic mass is 32.2. The van der Waals surface area contributed by atoms with E-state index in [1.54, 1.807) is 11.8 Å². The van der Waals surface area contributed by atoms with Crippen LogP contribution in [0.3, 0.4) is 0 Å². The molecule has 0 bridgehead atoms. The molecule has 0 amide bonds. The van der Waals surface area contributed by atoms with Crippen molar-refractivity contribution >= 4 is 35.3 Å². The van der Waals surface area contributed by atoms with Crippen molar-refractivity contribution in [1.29, 1.82) is 0 Å². The van der Waals surface area contributed by atoms with Crippen LogP contribution in [-0.4, -0.2) is 20.5 Å². The first kappa shape index (κ1) is 24.3. The van der Waals surface area contributed by atoms with Gasteiger partial charge < -0.3 is 5.11 Å². The molecule has 0 spiro atoms. The fraction of sp³-hybridized carbons (Fsp3) is 0.333. The van der Waals surface area contributed by atoms with Crippen LogP contribution >= 0.6 is 35.3 Å². The van der Waals surface area contributed by atoms with E-state index in [1.165, 1.54) is 14.7 Å². The summed E-state index contributed by atoms with van der Waals surface area (Å²) in [6, 6.07) is 31.9. The highest BCUT2D eigenvalue weighted by molar-refractivity contribution is 8.18. The van der Waals surface area contributed by atoms with Crippen molar-refractivity contribution in [2.75, 3.05) is 0 Å². The Morgan fingerprint density at radius 2 is 1.13 bits per heavy atom. The Kier molecular flexibility index (Phi) is 9.46. The number of hydrogen-bond acceptors (Lipinski definition) is 4. The summed E-state index contributed by atoms with van der Waals surface area (Å²) in [5.74, 6) is 0.257. The molecule has 0 aliphatic carbocycles. The first-order valence-electron chi connectivity index (χ1n) is 10.9. The van der Waals surface area contributed by atoms with Crippen LogP contribution in [0.25, 0.3) is 0 Å². The molecule has 1 N–H and O–H groups in total. The standard InChI is InChI=1S/C27H32OS3/c1-4-20-27(30-24-16-10-6-11-17-24,31-25-18-12-7-13-19-25)21(2)26(22(3)28)29-23-14-8-5-9-15-23/h5-19,21-22,26,28H,4,20H2,1-3H3/t21-,22+,26-/m0/s1. The van der Waals surface area contributed by atoms with E-state index in [4.69, 9.17) is 0 Å². The summed E-state index contributed by atoms with van der Waals surface area (Å²) in [4.78, 5) is 3.76. The van der Waals surface area contributed by atoms with E-state index in [0.717, 1.165) is 12.8 Å². The van der Waals surface area contributed by atoms with E-state index in [0.29, 0.717) is 0 Å². The lowest BCUT2D eigenvalue weighted by Crippen LogP contribution is -2.40. The van der Waals surface area contributed by atoms with Crippen LogP contribution in [0.4, 0.5) is 0 Å². The largest absolute Gasteiger partial charge is 0.392 e. The summed E-state index contributed by atoms with van der Waals surface area (Å²) in [6.07, 6.45) is 1.74. The van der Waals surface area contributed by atoms with Gasteiger partial charge in [0.25, 0.3) is 0 Å². The Bertz CT molecular complexity index is 843. The van der Waals surface area contributed by atoms with Gasteiger partial charge in [0.05, 0.1) is 10.2 Å². The molecular formula is C27H32OS3. The van der Waals surface area contributed by atoms with Gasteiger partial charge in [-0.05, 0) is 55.7 Å². The van der Waals surface area contributed by atoms with Gasteiger partial charge in [0.2, 0.25) is 0 Å². The van der Waals surface area contributed by atoms with Crippen molar-refractivity contribution < 1.29 is 5.11 Å². The first-order valence-corrected chi connectivity index (χ1v) is 13.4. The van der Waals surface area contributed by atoms with Crippen LogP contribution in [-0.2, 0) is 0 Å². The van der Waals surface area contributed by atoms with Crippen molar-refractivity contribution in [1.82, 2.24) is 0 Å². The summed E-state index contributed by atoms with van der Waals surface area (Å²) < 4.78 is -0.0963. The average Bonchev–Trinajstić information content (AvgIpc) is 2.79. The number of aliphatic hydroxyl groups is 1. The van der Waals surface area contributed by atoms with E-state index in [1.807, 2.05) is 36.5 Å². The summed E-state index contributed by atoms with van der Waals surface area (Å²) in [5.41, 5.74) is 0. The lowest BCUT2D eigenvalue weighted by atomic mass is 9.96. The Hall–Kier alpha value is -1.33. The summed E-state index contributed by atoms with van der Waals surface area (Å²) >= 11 is 5.72. The molecule has 31 heavy (non-hydrogen) atoms. The fourth-order valence-corrected chi connectivity index (χ4v) is 8.63. The van der Waals surface area contributed by atoms with Gasteiger partial charge in [-0.25, -0.2) is 0 Å². The Balaban J connectivity index is 2.00. The fourth-order valence-electron chi connectivity index (χ4n) is 3.79. The molecule has 3 aromatic rings. The zero-order valence-corrected chi connectivity index (χ0v) is 20.9. The number of hydrogen-bond donors (Lipinski definition) is 1. The molecule has 4 heteroatoms. The molecule has 0 fully saturated rings. The van der Waals surface area contributed by atoms with Gasteiger partial charge >= 0.3 is 0 Å². The van der Waals surface area contributed by atoms with Gasteiger partial charge in [-0.3, -0.25) is 0 Å². The van der Waals surface area contributed by atoms with Crippen molar-refractivity contribution in [2.45, 2.75) is 63.7 Å². The molecular weight excluding hydrogens is 436 g/mol. The molecule has 0 aromatic heterocycles. The minimum Gasteiger partial charge on any atom is -0.392 e. The molecule has 0 aliphatic rings. The lowest BCUT2D eigenvalue weighted by molar-refractivity contribution is 0.167. The highest BCUT2D eigenvalue weighted by Crippen LogP contribution is 2.56. The molecule has 3 aromatic carbocycles. The van der Waals surface area contributed by atoms with Crippen LogP contribution in [0, 0.1) is 5.92 Å². The van der Waals surface area contributed by atoms with Crippen molar-refractivity contribution in [3.05, 3.63) is 91.0 Å². The molecule has 0 radical (unpaired) electrons. The van der Waals surface area contributed by atoms with Gasteiger partial charge in [-0.2, -0.15) is 0 Å². The van der Waals surface area contributed by atoms with E-state index in [9.17, 15) is 5.11 Å². The molecule has 0 unspecified atom stereocenters. The minimum absolute atomic E-state index is 0.0846. The lowest BCUT2D eigenvalue weighted by Gasteiger charge is -2.42. The number of aliphatic hydroxyl groups excluding tert-OH is 1. The van der Waals surface area contributed by atoms with Gasteiger partial charge in [0.1, 0.15) is 0 Å². The molecule has 1 nitrogen and oxygen atoms in total. The summed E-state index contributed by atoms with van der Waals surface area (Å²) in [6.45, 7) is 6.53. The van der Waals surface area contributed by atoms with Gasteiger partial charge in [0, 0.05) is 19.9 Å². The smallest absolute Gasteiger partial charge is 0.0742 e. The second-order valence-corrected chi connectivity index (χ2v) is 12.1.